The van der Waals surface area contributed by atoms with Crippen LogP contribution in [0.4, 0.5) is 0 Å². The molecule has 4 aliphatic rings. The average molecular weight is 417 g/mol. The molecule has 0 aromatic carbocycles. The van der Waals surface area contributed by atoms with Crippen molar-refractivity contribution in [3.63, 3.8) is 0 Å². The van der Waals surface area contributed by atoms with E-state index in [4.69, 9.17) is 21.1 Å². The van der Waals surface area contributed by atoms with Crippen LogP contribution in [0.3, 0.4) is 0 Å². The van der Waals surface area contributed by atoms with Gasteiger partial charge in [0.1, 0.15) is 17.8 Å². The van der Waals surface area contributed by atoms with Gasteiger partial charge in [-0.15, -0.1) is 11.6 Å². The molecule has 19 heavy (non-hydrogen) atoms. The van der Waals surface area contributed by atoms with Crippen molar-refractivity contribution in [3.8, 4) is 0 Å². The maximum atomic E-state index is 10.4. The van der Waals surface area contributed by atoms with Gasteiger partial charge in [0.25, 0.3) is 0 Å². The van der Waals surface area contributed by atoms with Crippen molar-refractivity contribution in [1.29, 1.82) is 0 Å². The largest absolute Gasteiger partial charge is 0.386 e. The van der Waals surface area contributed by atoms with Gasteiger partial charge in [-0.25, -0.2) is 0 Å². The molecule has 2 heterocycles. The van der Waals surface area contributed by atoms with Gasteiger partial charge in [-0.1, -0.05) is 31.9 Å². The predicted octanol–water partition coefficient (Wildman–Crippen LogP) is 2.94. The normalized spacial score (nSPS) is 70.4. The predicted molar refractivity (Wildman–Crippen MR) is 79.1 cm³/mol. The van der Waals surface area contributed by atoms with Gasteiger partial charge in [0, 0.05) is 16.7 Å². The number of halogens is 3. The van der Waals surface area contributed by atoms with Crippen LogP contribution < -0.4 is 0 Å². The summed E-state index contributed by atoms with van der Waals surface area (Å²) in [6.07, 6.45) is 1.79. The molecule has 108 valence electrons. The summed E-state index contributed by atoms with van der Waals surface area (Å²) < 4.78 is 11.5. The van der Waals surface area contributed by atoms with Gasteiger partial charge < -0.3 is 14.6 Å². The molecule has 0 radical (unpaired) electrons. The number of ether oxygens (including phenoxy) is 2. The zero-order chi connectivity index (χ0) is 13.8. The molecule has 2 saturated heterocycles. The number of aliphatic hydroxyl groups is 1. The highest BCUT2D eigenvalue weighted by molar-refractivity contribution is 9.10. The van der Waals surface area contributed by atoms with Gasteiger partial charge in [0.2, 0.25) is 0 Å². The molecule has 1 N–H and O–H groups in total. The Morgan fingerprint density at radius 1 is 1.26 bits per heavy atom. The fourth-order valence-electron chi connectivity index (χ4n) is 4.49. The van der Waals surface area contributed by atoms with Crippen molar-refractivity contribution in [2.24, 2.45) is 5.41 Å². The number of alkyl halides is 3. The van der Waals surface area contributed by atoms with E-state index < -0.39 is 10.6 Å². The van der Waals surface area contributed by atoms with E-state index in [-0.39, 0.29) is 32.9 Å². The Balaban J connectivity index is 1.80. The van der Waals surface area contributed by atoms with Crippen LogP contribution in [-0.2, 0) is 9.47 Å². The molecular weight excluding hydrogens is 399 g/mol. The molecule has 6 heteroatoms. The Morgan fingerprint density at radius 3 is 2.63 bits per heavy atom. The van der Waals surface area contributed by atoms with Gasteiger partial charge in [-0.3, -0.25) is 0 Å². The highest BCUT2D eigenvalue weighted by Gasteiger charge is 2.83. The van der Waals surface area contributed by atoms with Gasteiger partial charge in [-0.2, -0.15) is 0 Å². The van der Waals surface area contributed by atoms with Crippen molar-refractivity contribution in [1.82, 2.24) is 0 Å². The summed E-state index contributed by atoms with van der Waals surface area (Å²) in [6, 6.07) is 0. The first-order valence-corrected chi connectivity index (χ1v) is 8.79. The first kappa shape index (κ1) is 13.8. The lowest BCUT2D eigenvalue weighted by Crippen LogP contribution is -2.57. The number of fused-ring (bicyclic) bond motifs is 2. The van der Waals surface area contributed by atoms with Crippen LogP contribution >= 0.6 is 43.5 Å². The van der Waals surface area contributed by atoms with E-state index in [0.29, 0.717) is 0 Å². The molecule has 8 atom stereocenters. The zero-order valence-electron chi connectivity index (χ0n) is 10.8. The minimum atomic E-state index is -0.664. The van der Waals surface area contributed by atoms with E-state index in [2.05, 4.69) is 45.7 Å². The number of aliphatic hydroxyl groups excluding tert-OH is 1. The Hall–Kier alpha value is 1.13. The third kappa shape index (κ3) is 1.45. The Bertz CT molecular complexity index is 459. The summed E-state index contributed by atoms with van der Waals surface area (Å²) in [5.74, 6) is 0. The van der Waals surface area contributed by atoms with Crippen LogP contribution in [-0.4, -0.2) is 43.2 Å². The second-order valence-corrected chi connectivity index (χ2v) is 10.3. The van der Waals surface area contributed by atoms with Crippen LogP contribution in [0.2, 0.25) is 0 Å². The minimum absolute atomic E-state index is 0.0373. The van der Waals surface area contributed by atoms with Crippen LogP contribution in [0.15, 0.2) is 0 Å². The molecule has 0 aromatic heterocycles. The molecule has 0 unspecified atom stereocenters. The third-order valence-corrected chi connectivity index (χ3v) is 8.82. The molecule has 3 nitrogen and oxygen atoms in total. The maximum Gasteiger partial charge on any atom is 0.152 e. The van der Waals surface area contributed by atoms with Gasteiger partial charge in [0.05, 0.1) is 11.0 Å². The van der Waals surface area contributed by atoms with Crippen LogP contribution in [0.5, 0.6) is 0 Å². The highest BCUT2D eigenvalue weighted by atomic mass is 79.9. The van der Waals surface area contributed by atoms with E-state index in [0.717, 1.165) is 19.3 Å². The van der Waals surface area contributed by atoms with Crippen molar-refractivity contribution >= 4 is 43.5 Å². The fraction of sp³-hybridized carbons (Fsp3) is 1.00. The topological polar surface area (TPSA) is 42.0 Å². The standard InChI is InChI=1S/C13H17Br2ClO3/c1-10(16)4-7-12(3-6(10)14)5-13(15,18-7)8(17)9-11(12,2)19-9/h6-9,17H,3-5H2,1-2H3/t6-,7-,8+,9+,10-,11+,12+,13+/m0/s1. The van der Waals surface area contributed by atoms with Gasteiger partial charge in [-0.05, 0) is 26.7 Å². The second kappa shape index (κ2) is 3.54. The fourth-order valence-corrected chi connectivity index (χ4v) is 6.44. The number of epoxide rings is 1. The summed E-state index contributed by atoms with van der Waals surface area (Å²) in [5.41, 5.74) is -0.326. The Morgan fingerprint density at radius 2 is 1.95 bits per heavy atom. The Labute approximate surface area is 134 Å². The lowest BCUT2D eigenvalue weighted by atomic mass is 9.57. The molecule has 2 bridgehead atoms. The molecule has 2 saturated carbocycles. The smallest absolute Gasteiger partial charge is 0.152 e. The van der Waals surface area contributed by atoms with Crippen LogP contribution in [0.25, 0.3) is 0 Å². The molecule has 0 amide bonds. The molecular formula is C13H17Br2ClO3. The molecule has 4 rings (SSSR count). The van der Waals surface area contributed by atoms with E-state index in [1.54, 1.807) is 0 Å². The van der Waals surface area contributed by atoms with Gasteiger partial charge in [0.15, 0.2) is 4.51 Å². The van der Waals surface area contributed by atoms with Crippen LogP contribution in [0, 0.1) is 5.41 Å². The summed E-state index contributed by atoms with van der Waals surface area (Å²) in [7, 11) is 0. The van der Waals surface area contributed by atoms with Crippen molar-refractivity contribution in [2.75, 3.05) is 0 Å². The summed E-state index contributed by atoms with van der Waals surface area (Å²) >= 11 is 14.0. The molecule has 1 spiro atoms. The third-order valence-electron chi connectivity index (χ3n) is 5.87. The van der Waals surface area contributed by atoms with E-state index >= 15 is 0 Å². The first-order valence-electron chi connectivity index (χ1n) is 6.70. The van der Waals surface area contributed by atoms with Crippen LogP contribution in [0.1, 0.15) is 33.1 Å². The summed E-state index contributed by atoms with van der Waals surface area (Å²) in [4.78, 5) is -0.0871. The zero-order valence-corrected chi connectivity index (χ0v) is 14.8. The lowest BCUT2D eigenvalue weighted by molar-refractivity contribution is -0.0818. The highest BCUT2D eigenvalue weighted by Crippen LogP contribution is 2.73. The van der Waals surface area contributed by atoms with Gasteiger partial charge >= 0.3 is 0 Å². The van der Waals surface area contributed by atoms with E-state index in [1.165, 1.54) is 0 Å². The van der Waals surface area contributed by atoms with Crippen molar-refractivity contribution < 1.29 is 14.6 Å². The minimum Gasteiger partial charge on any atom is -0.386 e. The van der Waals surface area contributed by atoms with E-state index in [1.807, 2.05) is 0 Å². The number of rotatable bonds is 0. The van der Waals surface area contributed by atoms with E-state index in [9.17, 15) is 5.11 Å². The van der Waals surface area contributed by atoms with Crippen molar-refractivity contribution in [2.45, 2.75) is 71.2 Å². The number of hydrogen-bond donors (Lipinski definition) is 1. The quantitative estimate of drug-likeness (QED) is 0.488. The average Bonchev–Trinajstić information content (AvgIpc) is 2.89. The first-order chi connectivity index (χ1) is 8.65. The Kier molecular flexibility index (Phi) is 2.57. The number of hydrogen-bond acceptors (Lipinski definition) is 3. The summed E-state index contributed by atoms with van der Waals surface area (Å²) in [6.45, 7) is 4.17. The van der Waals surface area contributed by atoms with Crippen molar-refractivity contribution in [3.05, 3.63) is 0 Å². The molecule has 2 aliphatic heterocycles. The molecule has 4 fully saturated rings. The molecule has 0 aromatic rings. The monoisotopic (exact) mass is 414 g/mol. The summed E-state index contributed by atoms with van der Waals surface area (Å²) in [5, 5.41) is 10.4. The molecule has 2 aliphatic carbocycles. The maximum absolute atomic E-state index is 10.4. The second-order valence-electron chi connectivity index (χ2n) is 6.97. The SMILES string of the molecule is C[C@]1(Cl)C[C@@H]2O[C@]3(Br)C[C@@]2(C[C@@H]1Br)[C@]1(C)O[C@@H]1[C@H]3O. The lowest BCUT2D eigenvalue weighted by Gasteiger charge is -2.49.